The molecular weight excluding hydrogens is 296 g/mol. The van der Waals surface area contributed by atoms with Crippen LogP contribution in [0.3, 0.4) is 0 Å². The highest BCUT2D eigenvalue weighted by atomic mass is 32.2. The Morgan fingerprint density at radius 3 is 2.59 bits per heavy atom. The SMILES string of the molecule is CC(C)CCC(C)(O)CNC(=O)CSc1ccc(C#N)cc1. The molecule has 0 radical (unpaired) electrons. The van der Waals surface area contributed by atoms with Crippen LogP contribution < -0.4 is 5.32 Å². The molecule has 120 valence electrons. The maximum Gasteiger partial charge on any atom is 0.230 e. The van der Waals surface area contributed by atoms with Crippen LogP contribution in [-0.2, 0) is 4.79 Å². The molecule has 0 aliphatic carbocycles. The van der Waals surface area contributed by atoms with E-state index in [1.807, 2.05) is 12.1 Å². The summed E-state index contributed by atoms with van der Waals surface area (Å²) in [6.07, 6.45) is 1.61. The van der Waals surface area contributed by atoms with Crippen LogP contribution in [0.2, 0.25) is 0 Å². The first-order valence-corrected chi connectivity index (χ1v) is 8.43. The van der Waals surface area contributed by atoms with E-state index in [9.17, 15) is 9.90 Å². The summed E-state index contributed by atoms with van der Waals surface area (Å²) >= 11 is 1.41. The van der Waals surface area contributed by atoms with Crippen molar-refractivity contribution in [3.05, 3.63) is 29.8 Å². The maximum absolute atomic E-state index is 11.8. The Morgan fingerprint density at radius 1 is 1.41 bits per heavy atom. The van der Waals surface area contributed by atoms with Crippen molar-refractivity contribution in [2.24, 2.45) is 5.92 Å². The van der Waals surface area contributed by atoms with Crippen molar-refractivity contribution < 1.29 is 9.90 Å². The first-order chi connectivity index (χ1) is 10.3. The zero-order valence-electron chi connectivity index (χ0n) is 13.4. The number of hydrogen-bond donors (Lipinski definition) is 2. The number of nitrogens with zero attached hydrogens (tertiary/aromatic N) is 1. The van der Waals surface area contributed by atoms with E-state index < -0.39 is 5.60 Å². The molecular formula is C17H24N2O2S. The highest BCUT2D eigenvalue weighted by molar-refractivity contribution is 8.00. The summed E-state index contributed by atoms with van der Waals surface area (Å²) in [6.45, 7) is 6.25. The maximum atomic E-state index is 11.8. The average molecular weight is 320 g/mol. The Hall–Kier alpha value is -1.51. The van der Waals surface area contributed by atoms with Crippen molar-refractivity contribution in [1.82, 2.24) is 5.32 Å². The van der Waals surface area contributed by atoms with Crippen molar-refractivity contribution in [2.75, 3.05) is 12.3 Å². The Morgan fingerprint density at radius 2 is 2.05 bits per heavy atom. The molecule has 4 nitrogen and oxygen atoms in total. The van der Waals surface area contributed by atoms with E-state index >= 15 is 0 Å². The molecule has 0 heterocycles. The van der Waals surface area contributed by atoms with Crippen LogP contribution in [0.15, 0.2) is 29.2 Å². The summed E-state index contributed by atoms with van der Waals surface area (Å²) < 4.78 is 0. The fourth-order valence-corrected chi connectivity index (χ4v) is 2.53. The van der Waals surface area contributed by atoms with E-state index in [4.69, 9.17) is 5.26 Å². The minimum absolute atomic E-state index is 0.0980. The van der Waals surface area contributed by atoms with E-state index in [-0.39, 0.29) is 12.5 Å². The normalized spacial score (nSPS) is 13.5. The molecule has 1 amide bonds. The number of nitrogens with one attached hydrogen (secondary N) is 1. The van der Waals surface area contributed by atoms with Gasteiger partial charge in [0.05, 0.1) is 23.0 Å². The van der Waals surface area contributed by atoms with Gasteiger partial charge < -0.3 is 10.4 Å². The summed E-state index contributed by atoms with van der Waals surface area (Å²) in [5.41, 5.74) is -0.256. The van der Waals surface area contributed by atoms with Crippen LogP contribution in [0, 0.1) is 17.2 Å². The number of nitriles is 1. The van der Waals surface area contributed by atoms with Gasteiger partial charge in [0.25, 0.3) is 0 Å². The van der Waals surface area contributed by atoms with E-state index in [1.165, 1.54) is 11.8 Å². The van der Waals surface area contributed by atoms with Crippen molar-refractivity contribution >= 4 is 17.7 Å². The standard InChI is InChI=1S/C17H24N2O2S/c1-13(2)8-9-17(3,21)12-19-16(20)11-22-15-6-4-14(10-18)5-7-15/h4-7,13,21H,8-9,11-12H2,1-3H3,(H,19,20). The molecule has 5 heteroatoms. The number of rotatable bonds is 8. The van der Waals surface area contributed by atoms with Gasteiger partial charge in [-0.3, -0.25) is 4.79 Å². The fraction of sp³-hybridized carbons (Fsp3) is 0.529. The summed E-state index contributed by atoms with van der Waals surface area (Å²) in [5, 5.41) is 21.7. The summed E-state index contributed by atoms with van der Waals surface area (Å²) in [6, 6.07) is 9.18. The second kappa shape index (κ2) is 8.82. The lowest BCUT2D eigenvalue weighted by Crippen LogP contribution is -2.41. The van der Waals surface area contributed by atoms with Crippen LogP contribution in [0.5, 0.6) is 0 Å². The molecule has 1 unspecified atom stereocenters. The molecule has 0 spiro atoms. The third kappa shape index (κ3) is 7.48. The van der Waals surface area contributed by atoms with Crippen LogP contribution in [-0.4, -0.2) is 28.9 Å². The van der Waals surface area contributed by atoms with Gasteiger partial charge in [0.2, 0.25) is 5.91 Å². The Balaban J connectivity index is 2.32. The number of carbonyl (C=O) groups excluding carboxylic acids is 1. The van der Waals surface area contributed by atoms with Gasteiger partial charge >= 0.3 is 0 Å². The van der Waals surface area contributed by atoms with Gasteiger partial charge in [0, 0.05) is 11.4 Å². The second-order valence-corrected chi connectivity index (χ2v) is 7.18. The van der Waals surface area contributed by atoms with Gasteiger partial charge in [0.15, 0.2) is 0 Å². The number of benzene rings is 1. The van der Waals surface area contributed by atoms with Gasteiger partial charge in [-0.2, -0.15) is 5.26 Å². The molecule has 0 aromatic heterocycles. The minimum atomic E-state index is -0.862. The van der Waals surface area contributed by atoms with Crippen LogP contribution in [0.25, 0.3) is 0 Å². The summed E-state index contributed by atoms with van der Waals surface area (Å²) in [4.78, 5) is 12.8. The van der Waals surface area contributed by atoms with Crippen molar-refractivity contribution in [2.45, 2.75) is 44.1 Å². The monoisotopic (exact) mass is 320 g/mol. The Kier molecular flexibility index (Phi) is 7.43. The van der Waals surface area contributed by atoms with Gasteiger partial charge in [0.1, 0.15) is 0 Å². The summed E-state index contributed by atoms with van der Waals surface area (Å²) in [5.74, 6) is 0.736. The molecule has 1 aromatic rings. The molecule has 0 bridgehead atoms. The summed E-state index contributed by atoms with van der Waals surface area (Å²) in [7, 11) is 0. The molecule has 1 rings (SSSR count). The lowest BCUT2D eigenvalue weighted by atomic mass is 9.95. The van der Waals surface area contributed by atoms with E-state index in [1.54, 1.807) is 19.1 Å². The van der Waals surface area contributed by atoms with Gasteiger partial charge in [-0.15, -0.1) is 11.8 Å². The van der Waals surface area contributed by atoms with E-state index in [0.29, 0.717) is 23.7 Å². The molecule has 22 heavy (non-hydrogen) atoms. The first kappa shape index (κ1) is 18.5. The minimum Gasteiger partial charge on any atom is -0.388 e. The van der Waals surface area contributed by atoms with Gasteiger partial charge in [-0.25, -0.2) is 0 Å². The number of thioether (sulfide) groups is 1. The topological polar surface area (TPSA) is 73.1 Å². The predicted molar refractivity (Wildman–Crippen MR) is 89.6 cm³/mol. The smallest absolute Gasteiger partial charge is 0.230 e. The van der Waals surface area contributed by atoms with Gasteiger partial charge in [-0.1, -0.05) is 13.8 Å². The quantitative estimate of drug-likeness (QED) is 0.722. The largest absolute Gasteiger partial charge is 0.388 e. The number of hydrogen-bond acceptors (Lipinski definition) is 4. The second-order valence-electron chi connectivity index (χ2n) is 6.13. The van der Waals surface area contributed by atoms with Gasteiger partial charge in [-0.05, 0) is 49.9 Å². The van der Waals surface area contributed by atoms with Crippen molar-refractivity contribution in [1.29, 1.82) is 5.26 Å². The van der Waals surface area contributed by atoms with Crippen molar-refractivity contribution in [3.63, 3.8) is 0 Å². The van der Waals surface area contributed by atoms with Crippen LogP contribution in [0.1, 0.15) is 39.2 Å². The third-order valence-electron chi connectivity index (χ3n) is 3.28. The fourth-order valence-electron chi connectivity index (χ4n) is 1.80. The predicted octanol–water partition coefficient (Wildman–Crippen LogP) is 2.95. The molecule has 0 fully saturated rings. The lowest BCUT2D eigenvalue weighted by Gasteiger charge is -2.24. The number of amides is 1. The molecule has 1 aromatic carbocycles. The molecule has 0 aliphatic heterocycles. The number of aliphatic hydroxyl groups is 1. The molecule has 0 aliphatic rings. The van der Waals surface area contributed by atoms with Crippen molar-refractivity contribution in [3.8, 4) is 6.07 Å². The molecule has 0 saturated heterocycles. The lowest BCUT2D eigenvalue weighted by molar-refractivity contribution is -0.119. The number of carbonyl (C=O) groups is 1. The highest BCUT2D eigenvalue weighted by Gasteiger charge is 2.21. The van der Waals surface area contributed by atoms with E-state index in [0.717, 1.165) is 11.3 Å². The third-order valence-corrected chi connectivity index (χ3v) is 4.29. The molecule has 0 saturated carbocycles. The highest BCUT2D eigenvalue weighted by Crippen LogP contribution is 2.18. The zero-order valence-corrected chi connectivity index (χ0v) is 14.2. The average Bonchev–Trinajstić information content (AvgIpc) is 2.49. The Bertz CT molecular complexity index is 518. The first-order valence-electron chi connectivity index (χ1n) is 7.44. The zero-order chi connectivity index (χ0) is 16.6. The Labute approximate surface area is 136 Å². The van der Waals surface area contributed by atoms with E-state index in [2.05, 4.69) is 25.2 Å². The molecule has 1 atom stereocenters. The van der Waals surface area contributed by atoms with Crippen LogP contribution >= 0.6 is 11.8 Å². The van der Waals surface area contributed by atoms with Crippen LogP contribution in [0.4, 0.5) is 0 Å². The molecule has 2 N–H and O–H groups in total.